The highest BCUT2D eigenvalue weighted by atomic mass is 32.2. The smallest absolute Gasteiger partial charge is 0.338 e. The predicted octanol–water partition coefficient (Wildman–Crippen LogP) is 3.66. The number of carbonyl (C=O) groups excluding carboxylic acids is 2. The standard InChI is InChI=1S/C23H21NO6S/c1-24(20-6-4-3-5-7-20)31(27,28)21-14-12-19(13-15-21)23(26)30-16-17-8-10-18(11-9-17)22(25)29-2/h3-15H,16H2,1-2H3. The van der Waals surface area contributed by atoms with E-state index in [1.807, 2.05) is 0 Å². The Bertz CT molecular complexity index is 1160. The molecule has 0 aliphatic carbocycles. The highest BCUT2D eigenvalue weighted by Gasteiger charge is 2.21. The molecule has 0 bridgehead atoms. The Labute approximate surface area is 180 Å². The van der Waals surface area contributed by atoms with Crippen molar-refractivity contribution in [1.29, 1.82) is 0 Å². The van der Waals surface area contributed by atoms with E-state index < -0.39 is 22.0 Å². The lowest BCUT2D eigenvalue weighted by Gasteiger charge is -2.19. The number of ether oxygens (including phenoxy) is 2. The summed E-state index contributed by atoms with van der Waals surface area (Å²) in [7, 11) is -0.989. The van der Waals surface area contributed by atoms with Gasteiger partial charge in [-0.15, -0.1) is 0 Å². The monoisotopic (exact) mass is 439 g/mol. The van der Waals surface area contributed by atoms with Crippen molar-refractivity contribution in [1.82, 2.24) is 0 Å². The maximum Gasteiger partial charge on any atom is 0.338 e. The highest BCUT2D eigenvalue weighted by molar-refractivity contribution is 7.92. The Kier molecular flexibility index (Phi) is 6.71. The molecule has 0 N–H and O–H groups in total. The molecule has 0 heterocycles. The molecule has 0 unspecified atom stereocenters. The molecule has 31 heavy (non-hydrogen) atoms. The molecule has 0 saturated heterocycles. The molecule has 160 valence electrons. The first kappa shape index (κ1) is 22.0. The predicted molar refractivity (Wildman–Crippen MR) is 115 cm³/mol. The number of esters is 2. The number of sulfonamides is 1. The normalized spacial score (nSPS) is 10.9. The summed E-state index contributed by atoms with van der Waals surface area (Å²) < 4.78 is 36.7. The summed E-state index contributed by atoms with van der Waals surface area (Å²) >= 11 is 0. The van der Waals surface area contributed by atoms with Gasteiger partial charge in [-0.25, -0.2) is 18.0 Å². The fourth-order valence-electron chi connectivity index (χ4n) is 2.78. The molecular weight excluding hydrogens is 418 g/mol. The number of rotatable bonds is 7. The summed E-state index contributed by atoms with van der Waals surface area (Å²) in [6.07, 6.45) is 0. The van der Waals surface area contributed by atoms with E-state index in [4.69, 9.17) is 4.74 Å². The maximum atomic E-state index is 12.8. The van der Waals surface area contributed by atoms with Crippen molar-refractivity contribution in [3.63, 3.8) is 0 Å². The summed E-state index contributed by atoms with van der Waals surface area (Å²) in [5.41, 5.74) is 1.86. The zero-order valence-corrected chi connectivity index (χ0v) is 17.8. The molecule has 0 atom stereocenters. The quantitative estimate of drug-likeness (QED) is 0.522. The molecule has 8 heteroatoms. The SMILES string of the molecule is COC(=O)c1ccc(COC(=O)c2ccc(S(=O)(=O)N(C)c3ccccc3)cc2)cc1. The highest BCUT2D eigenvalue weighted by Crippen LogP contribution is 2.22. The van der Waals surface area contributed by atoms with Crippen LogP contribution in [-0.4, -0.2) is 34.5 Å². The molecule has 3 aromatic carbocycles. The van der Waals surface area contributed by atoms with E-state index in [0.717, 1.165) is 0 Å². The van der Waals surface area contributed by atoms with E-state index in [2.05, 4.69) is 4.74 Å². The second-order valence-electron chi connectivity index (χ2n) is 6.60. The number of hydrogen-bond acceptors (Lipinski definition) is 6. The second kappa shape index (κ2) is 9.44. The van der Waals surface area contributed by atoms with Gasteiger partial charge in [-0.05, 0) is 54.1 Å². The van der Waals surface area contributed by atoms with Crippen LogP contribution in [0.5, 0.6) is 0 Å². The third-order valence-corrected chi connectivity index (χ3v) is 6.41. The van der Waals surface area contributed by atoms with E-state index in [1.165, 1.54) is 42.7 Å². The molecule has 0 spiro atoms. The van der Waals surface area contributed by atoms with Crippen LogP contribution >= 0.6 is 0 Å². The number of methoxy groups -OCH3 is 1. The molecular formula is C23H21NO6S. The van der Waals surface area contributed by atoms with Gasteiger partial charge in [-0.3, -0.25) is 4.31 Å². The molecule has 3 aromatic rings. The second-order valence-corrected chi connectivity index (χ2v) is 8.57. The van der Waals surface area contributed by atoms with Gasteiger partial charge in [0.15, 0.2) is 0 Å². The summed E-state index contributed by atoms with van der Waals surface area (Å²) in [6, 6.07) is 20.8. The largest absolute Gasteiger partial charge is 0.465 e. The van der Waals surface area contributed by atoms with Crippen molar-refractivity contribution < 1.29 is 27.5 Å². The molecule has 0 aliphatic rings. The van der Waals surface area contributed by atoms with Gasteiger partial charge < -0.3 is 9.47 Å². The molecule has 0 amide bonds. The van der Waals surface area contributed by atoms with Crippen LogP contribution in [0.3, 0.4) is 0 Å². The zero-order valence-electron chi connectivity index (χ0n) is 17.0. The van der Waals surface area contributed by atoms with Crippen molar-refractivity contribution in [3.05, 3.63) is 95.6 Å². The van der Waals surface area contributed by atoms with Gasteiger partial charge in [0.1, 0.15) is 6.61 Å². The van der Waals surface area contributed by atoms with E-state index in [9.17, 15) is 18.0 Å². The Balaban J connectivity index is 1.65. The van der Waals surface area contributed by atoms with Crippen LogP contribution in [0.25, 0.3) is 0 Å². The summed E-state index contributed by atoms with van der Waals surface area (Å²) in [4.78, 5) is 23.8. The number of carbonyl (C=O) groups is 2. The number of benzene rings is 3. The molecule has 0 aromatic heterocycles. The average molecular weight is 439 g/mol. The van der Waals surface area contributed by atoms with Crippen LogP contribution < -0.4 is 4.31 Å². The van der Waals surface area contributed by atoms with Crippen LogP contribution in [0.15, 0.2) is 83.8 Å². The Morgan fingerprint density at radius 2 is 1.35 bits per heavy atom. The van der Waals surface area contributed by atoms with Gasteiger partial charge in [0, 0.05) is 7.05 Å². The van der Waals surface area contributed by atoms with Crippen LogP contribution in [0, 0.1) is 0 Å². The van der Waals surface area contributed by atoms with Gasteiger partial charge in [0.2, 0.25) is 0 Å². The lowest BCUT2D eigenvalue weighted by atomic mass is 10.1. The first-order valence-corrected chi connectivity index (χ1v) is 10.8. The topological polar surface area (TPSA) is 90.0 Å². The molecule has 0 aliphatic heterocycles. The van der Waals surface area contributed by atoms with Crippen molar-refractivity contribution in [2.75, 3.05) is 18.5 Å². The molecule has 0 saturated carbocycles. The van der Waals surface area contributed by atoms with Crippen molar-refractivity contribution in [2.45, 2.75) is 11.5 Å². The Morgan fingerprint density at radius 1 is 0.806 bits per heavy atom. The first-order chi connectivity index (χ1) is 14.8. The molecule has 3 rings (SSSR count). The number of nitrogens with zero attached hydrogens (tertiary/aromatic N) is 1. The lowest BCUT2D eigenvalue weighted by Crippen LogP contribution is -2.26. The number of anilines is 1. The minimum absolute atomic E-state index is 0.0110. The van der Waals surface area contributed by atoms with E-state index in [0.29, 0.717) is 16.8 Å². The van der Waals surface area contributed by atoms with Gasteiger partial charge in [-0.1, -0.05) is 30.3 Å². The fraction of sp³-hybridized carbons (Fsp3) is 0.130. The zero-order chi connectivity index (χ0) is 22.4. The summed E-state index contributed by atoms with van der Waals surface area (Å²) in [5.74, 6) is -1.03. The first-order valence-electron chi connectivity index (χ1n) is 9.31. The molecule has 7 nitrogen and oxygen atoms in total. The van der Waals surface area contributed by atoms with Crippen LogP contribution in [0.2, 0.25) is 0 Å². The van der Waals surface area contributed by atoms with Gasteiger partial charge >= 0.3 is 11.9 Å². The van der Waals surface area contributed by atoms with Crippen molar-refractivity contribution in [2.24, 2.45) is 0 Å². The van der Waals surface area contributed by atoms with Gasteiger partial charge in [0.05, 0.1) is 28.8 Å². The average Bonchev–Trinajstić information content (AvgIpc) is 2.82. The number of para-hydroxylation sites is 1. The summed E-state index contributed by atoms with van der Waals surface area (Å²) in [5, 5.41) is 0. The summed E-state index contributed by atoms with van der Waals surface area (Å²) in [6.45, 7) is 0.0110. The van der Waals surface area contributed by atoms with E-state index >= 15 is 0 Å². The van der Waals surface area contributed by atoms with Crippen LogP contribution in [-0.2, 0) is 26.1 Å². The minimum Gasteiger partial charge on any atom is -0.465 e. The third kappa shape index (κ3) is 5.10. The lowest BCUT2D eigenvalue weighted by molar-refractivity contribution is 0.0471. The molecule has 0 fully saturated rings. The fourth-order valence-corrected chi connectivity index (χ4v) is 3.98. The van der Waals surface area contributed by atoms with Gasteiger partial charge in [-0.2, -0.15) is 0 Å². The third-order valence-electron chi connectivity index (χ3n) is 4.61. The minimum atomic E-state index is -3.76. The molecule has 0 radical (unpaired) electrons. The Hall–Kier alpha value is -3.65. The van der Waals surface area contributed by atoms with Gasteiger partial charge in [0.25, 0.3) is 10.0 Å². The maximum absolute atomic E-state index is 12.8. The van der Waals surface area contributed by atoms with Crippen molar-refractivity contribution in [3.8, 4) is 0 Å². The Morgan fingerprint density at radius 3 is 1.94 bits per heavy atom. The van der Waals surface area contributed by atoms with E-state index in [-0.39, 0.29) is 17.1 Å². The van der Waals surface area contributed by atoms with E-state index in [1.54, 1.807) is 54.6 Å². The van der Waals surface area contributed by atoms with Crippen LogP contribution in [0.4, 0.5) is 5.69 Å². The van der Waals surface area contributed by atoms with Crippen LogP contribution in [0.1, 0.15) is 26.3 Å². The van der Waals surface area contributed by atoms with Crippen molar-refractivity contribution >= 4 is 27.6 Å². The number of hydrogen-bond donors (Lipinski definition) is 0.